The molecular formula is C30H30N2O5S. The lowest BCUT2D eigenvalue weighted by atomic mass is 9.93. The number of amides is 1. The van der Waals surface area contributed by atoms with Gasteiger partial charge in [0.15, 0.2) is 5.76 Å². The summed E-state index contributed by atoms with van der Waals surface area (Å²) in [5.41, 5.74) is 4.94. The maximum Gasteiger partial charge on any atom is 0.290 e. The number of allylic oxidation sites excluding steroid dienone is 1. The zero-order valence-corrected chi connectivity index (χ0v) is 21.9. The fraction of sp³-hybridized carbons (Fsp3) is 0.267. The third-order valence-electron chi connectivity index (χ3n) is 6.21. The monoisotopic (exact) mass is 530 g/mol. The lowest BCUT2D eigenvalue weighted by Crippen LogP contribution is -2.30. The summed E-state index contributed by atoms with van der Waals surface area (Å²) in [6.07, 6.45) is 1.84. The van der Waals surface area contributed by atoms with Crippen LogP contribution < -0.4 is 5.32 Å². The SMILES string of the molecule is Cc1ccc2nc(-c3ccc(NC(=O)C4=C[C@@H](c5ccccc5)C[C@@H](OCCOCCO)O4)cc3)sc2c1. The van der Waals surface area contributed by atoms with E-state index in [0.29, 0.717) is 25.3 Å². The normalized spacial score (nSPS) is 17.2. The summed E-state index contributed by atoms with van der Waals surface area (Å²) < 4.78 is 18.2. The summed E-state index contributed by atoms with van der Waals surface area (Å²) in [4.78, 5) is 17.9. The molecule has 0 saturated heterocycles. The Morgan fingerprint density at radius 2 is 1.89 bits per heavy atom. The van der Waals surface area contributed by atoms with E-state index in [-0.39, 0.29) is 30.8 Å². The summed E-state index contributed by atoms with van der Waals surface area (Å²) in [7, 11) is 0. The third-order valence-corrected chi connectivity index (χ3v) is 7.28. The average Bonchev–Trinajstić information content (AvgIpc) is 3.37. The first-order valence-electron chi connectivity index (χ1n) is 12.6. The van der Waals surface area contributed by atoms with Crippen LogP contribution in [0, 0.1) is 6.92 Å². The Hall–Kier alpha value is -3.56. The van der Waals surface area contributed by atoms with Crippen LogP contribution in [0.4, 0.5) is 5.69 Å². The summed E-state index contributed by atoms with van der Waals surface area (Å²) in [5, 5.41) is 12.7. The smallest absolute Gasteiger partial charge is 0.290 e. The molecule has 2 atom stereocenters. The number of rotatable bonds is 10. The molecule has 4 aromatic rings. The Morgan fingerprint density at radius 1 is 1.08 bits per heavy atom. The van der Waals surface area contributed by atoms with Gasteiger partial charge in [-0.1, -0.05) is 36.4 Å². The summed E-state index contributed by atoms with van der Waals surface area (Å²) in [6, 6.07) is 23.9. The highest BCUT2D eigenvalue weighted by atomic mass is 32.1. The van der Waals surface area contributed by atoms with E-state index >= 15 is 0 Å². The second-order valence-corrected chi connectivity index (χ2v) is 10.1. The lowest BCUT2D eigenvalue weighted by Gasteiger charge is -2.29. The number of nitrogens with zero attached hydrogens (tertiary/aromatic N) is 1. The minimum Gasteiger partial charge on any atom is -0.459 e. The van der Waals surface area contributed by atoms with Gasteiger partial charge in [-0.15, -0.1) is 11.3 Å². The van der Waals surface area contributed by atoms with E-state index in [0.717, 1.165) is 26.4 Å². The molecule has 3 aromatic carbocycles. The zero-order valence-electron chi connectivity index (χ0n) is 21.1. The second kappa shape index (κ2) is 12.3. The van der Waals surface area contributed by atoms with Crippen molar-refractivity contribution in [1.82, 2.24) is 4.98 Å². The van der Waals surface area contributed by atoms with Gasteiger partial charge >= 0.3 is 0 Å². The van der Waals surface area contributed by atoms with E-state index in [2.05, 4.69) is 24.4 Å². The lowest BCUT2D eigenvalue weighted by molar-refractivity contribution is -0.148. The van der Waals surface area contributed by atoms with Crippen LogP contribution in [0.3, 0.4) is 0 Å². The number of aryl methyl sites for hydroxylation is 1. The molecule has 0 saturated carbocycles. The predicted octanol–water partition coefficient (Wildman–Crippen LogP) is 5.65. The zero-order chi connectivity index (χ0) is 26.3. The maximum absolute atomic E-state index is 13.2. The van der Waals surface area contributed by atoms with Crippen LogP contribution in [-0.2, 0) is 19.0 Å². The number of aliphatic hydroxyl groups is 1. The number of nitrogens with one attached hydrogen (secondary N) is 1. The maximum atomic E-state index is 13.2. The van der Waals surface area contributed by atoms with Crippen LogP contribution in [0.2, 0.25) is 0 Å². The van der Waals surface area contributed by atoms with Gasteiger partial charge in [0, 0.05) is 23.6 Å². The number of anilines is 1. The number of hydrogen-bond acceptors (Lipinski definition) is 7. The predicted molar refractivity (Wildman–Crippen MR) is 149 cm³/mol. The van der Waals surface area contributed by atoms with Gasteiger partial charge in [0.1, 0.15) is 5.01 Å². The van der Waals surface area contributed by atoms with Crippen molar-refractivity contribution in [1.29, 1.82) is 0 Å². The first kappa shape index (κ1) is 26.1. The van der Waals surface area contributed by atoms with E-state index in [1.165, 1.54) is 5.56 Å². The second-order valence-electron chi connectivity index (χ2n) is 9.06. The highest BCUT2D eigenvalue weighted by Crippen LogP contribution is 2.33. The molecule has 1 aromatic heterocycles. The number of fused-ring (bicyclic) bond motifs is 1. The molecular weight excluding hydrogens is 500 g/mol. The molecule has 8 heteroatoms. The minimum atomic E-state index is -0.589. The standard InChI is InChI=1S/C30H30N2O5S/c1-20-7-12-25-27(17-20)38-30(32-25)22-8-10-24(11-9-22)31-29(34)26-18-23(21-5-3-2-4-6-21)19-28(37-26)36-16-15-35-14-13-33/h2-12,17-18,23,28,33H,13-16,19H2,1H3,(H,31,34)/t23-,28+/m1/s1. The number of carbonyl (C=O) groups excluding carboxylic acids is 1. The highest BCUT2D eigenvalue weighted by molar-refractivity contribution is 7.21. The molecule has 5 rings (SSSR count). The Kier molecular flexibility index (Phi) is 8.45. The molecule has 1 aliphatic rings. The number of hydrogen-bond donors (Lipinski definition) is 2. The van der Waals surface area contributed by atoms with E-state index < -0.39 is 6.29 Å². The van der Waals surface area contributed by atoms with Gasteiger partial charge in [-0.2, -0.15) is 0 Å². The van der Waals surface area contributed by atoms with E-state index in [1.54, 1.807) is 11.3 Å². The molecule has 1 aliphatic heterocycles. The quantitative estimate of drug-likeness (QED) is 0.258. The number of ether oxygens (including phenoxy) is 3. The minimum absolute atomic E-state index is 0.0286. The molecule has 196 valence electrons. The number of aromatic nitrogens is 1. The molecule has 7 nitrogen and oxygen atoms in total. The molecule has 0 radical (unpaired) electrons. The van der Waals surface area contributed by atoms with Crippen molar-refractivity contribution < 1.29 is 24.1 Å². The van der Waals surface area contributed by atoms with Crippen LogP contribution in [0.25, 0.3) is 20.8 Å². The molecule has 0 fully saturated rings. The van der Waals surface area contributed by atoms with Crippen LogP contribution in [0.15, 0.2) is 84.6 Å². The Bertz CT molecular complexity index is 1400. The van der Waals surface area contributed by atoms with Crippen molar-refractivity contribution in [3.05, 3.63) is 95.8 Å². The van der Waals surface area contributed by atoms with Crippen LogP contribution >= 0.6 is 11.3 Å². The molecule has 2 N–H and O–H groups in total. The van der Waals surface area contributed by atoms with Crippen molar-refractivity contribution >= 4 is 33.1 Å². The van der Waals surface area contributed by atoms with Crippen molar-refractivity contribution in [3.8, 4) is 10.6 Å². The number of aliphatic hydroxyl groups excluding tert-OH is 1. The summed E-state index contributed by atoms with van der Waals surface area (Å²) in [5.74, 6) is -0.143. The Balaban J connectivity index is 1.27. The van der Waals surface area contributed by atoms with E-state index in [4.69, 9.17) is 24.3 Å². The van der Waals surface area contributed by atoms with E-state index in [9.17, 15) is 4.79 Å². The van der Waals surface area contributed by atoms with Gasteiger partial charge in [-0.25, -0.2) is 4.98 Å². The first-order chi connectivity index (χ1) is 18.6. The van der Waals surface area contributed by atoms with Gasteiger partial charge in [-0.05, 0) is 60.5 Å². The third kappa shape index (κ3) is 6.46. The summed E-state index contributed by atoms with van der Waals surface area (Å²) >= 11 is 1.65. The van der Waals surface area contributed by atoms with Gasteiger partial charge in [-0.3, -0.25) is 4.79 Å². The van der Waals surface area contributed by atoms with Gasteiger partial charge in [0.05, 0.1) is 36.6 Å². The fourth-order valence-corrected chi connectivity index (χ4v) is 5.37. The van der Waals surface area contributed by atoms with Crippen LogP contribution in [-0.4, -0.2) is 48.7 Å². The van der Waals surface area contributed by atoms with Gasteiger partial charge < -0.3 is 24.6 Å². The Morgan fingerprint density at radius 3 is 2.68 bits per heavy atom. The number of benzene rings is 3. The van der Waals surface area contributed by atoms with Crippen molar-refractivity contribution in [2.45, 2.75) is 25.6 Å². The largest absolute Gasteiger partial charge is 0.459 e. The average molecular weight is 531 g/mol. The molecule has 2 heterocycles. The molecule has 0 unspecified atom stereocenters. The molecule has 0 aliphatic carbocycles. The fourth-order valence-electron chi connectivity index (χ4n) is 4.30. The van der Waals surface area contributed by atoms with E-state index in [1.807, 2.05) is 66.7 Å². The van der Waals surface area contributed by atoms with Crippen molar-refractivity contribution in [2.24, 2.45) is 0 Å². The Labute approximate surface area is 225 Å². The number of thiazole rings is 1. The summed E-state index contributed by atoms with van der Waals surface area (Å²) in [6.45, 7) is 2.93. The van der Waals surface area contributed by atoms with Gasteiger partial charge in [0.2, 0.25) is 6.29 Å². The van der Waals surface area contributed by atoms with Gasteiger partial charge in [0.25, 0.3) is 5.91 Å². The molecule has 0 bridgehead atoms. The van der Waals surface area contributed by atoms with Crippen LogP contribution in [0.5, 0.6) is 0 Å². The molecule has 0 spiro atoms. The van der Waals surface area contributed by atoms with Crippen molar-refractivity contribution in [3.63, 3.8) is 0 Å². The highest BCUT2D eigenvalue weighted by Gasteiger charge is 2.28. The number of carbonyl (C=O) groups is 1. The molecule has 1 amide bonds. The first-order valence-corrected chi connectivity index (χ1v) is 13.4. The topological polar surface area (TPSA) is 89.9 Å². The van der Waals surface area contributed by atoms with Crippen LogP contribution in [0.1, 0.15) is 23.5 Å². The van der Waals surface area contributed by atoms with Crippen molar-refractivity contribution in [2.75, 3.05) is 31.7 Å². The molecule has 38 heavy (non-hydrogen) atoms.